The van der Waals surface area contributed by atoms with Crippen LogP contribution < -0.4 is 5.32 Å². The molecule has 2 fully saturated rings. The molecular formula is C32H49BN4O13P2. The number of hydrogen-bond acceptors (Lipinski definition) is 11. The number of nitrogens with one attached hydrogen (secondary N) is 1. The van der Waals surface area contributed by atoms with Crippen molar-refractivity contribution in [3.05, 3.63) is 60.2 Å². The molecule has 1 aromatic carbocycles. The van der Waals surface area contributed by atoms with Gasteiger partial charge in [0.1, 0.15) is 12.3 Å². The second kappa shape index (κ2) is 17.5. The predicted octanol–water partition coefficient (Wildman–Crippen LogP) is 1.90. The second-order valence-corrected chi connectivity index (χ2v) is 18.0. The zero-order valence-electron chi connectivity index (χ0n) is 29.4. The average Bonchev–Trinajstić information content (AvgIpc) is 3.62. The Bertz CT molecular complexity index is 1590. The molecule has 20 heteroatoms. The fraction of sp³-hybridized carbons (Fsp3) is 0.594. The van der Waals surface area contributed by atoms with Gasteiger partial charge in [0.15, 0.2) is 5.78 Å². The summed E-state index contributed by atoms with van der Waals surface area (Å²) in [6.45, 7) is 3.92. The lowest BCUT2D eigenvalue weighted by atomic mass is 9.57. The molecule has 2 aromatic rings. The summed E-state index contributed by atoms with van der Waals surface area (Å²) in [5.41, 5.74) is 1.06. The SMILES string of the molecule is CC(C)C[C@@H](NC(=O)[C@H](CC(=O)c1cnccn1)Cc1ccccc1)[B-]12OCC[N+]1(CCOC(=O)CCCCC(O)(P(=O)(O)O)P(=O)(O)O)CCO2. The number of rotatable bonds is 20. The molecule has 288 valence electrons. The van der Waals surface area contributed by atoms with E-state index < -0.39 is 51.2 Å². The molecule has 17 nitrogen and oxygen atoms in total. The molecule has 1 aromatic heterocycles. The van der Waals surface area contributed by atoms with E-state index in [0.29, 0.717) is 50.1 Å². The molecule has 0 spiro atoms. The first-order valence-electron chi connectivity index (χ1n) is 17.3. The highest BCUT2D eigenvalue weighted by Crippen LogP contribution is 2.69. The van der Waals surface area contributed by atoms with E-state index in [-0.39, 0.29) is 55.6 Å². The van der Waals surface area contributed by atoms with Crippen molar-refractivity contribution in [3.63, 3.8) is 0 Å². The van der Waals surface area contributed by atoms with Crippen molar-refractivity contribution < 1.29 is 66.6 Å². The van der Waals surface area contributed by atoms with Crippen LogP contribution in [0.15, 0.2) is 48.9 Å². The first-order valence-corrected chi connectivity index (χ1v) is 20.6. The van der Waals surface area contributed by atoms with E-state index in [1.165, 1.54) is 18.6 Å². The topological polar surface area (TPSA) is 252 Å². The fourth-order valence-corrected chi connectivity index (χ4v) is 9.49. The highest BCUT2D eigenvalue weighted by atomic mass is 31.2. The maximum atomic E-state index is 14.2. The van der Waals surface area contributed by atoms with Gasteiger partial charge < -0.3 is 48.4 Å². The van der Waals surface area contributed by atoms with Gasteiger partial charge in [0, 0.05) is 37.1 Å². The lowest BCUT2D eigenvalue weighted by Crippen LogP contribution is -2.73. The minimum atomic E-state index is -5.58. The van der Waals surface area contributed by atoms with Crippen LogP contribution in [0, 0.1) is 11.8 Å². The summed E-state index contributed by atoms with van der Waals surface area (Å²) in [6, 6.07) is 9.41. The Hall–Kier alpha value is -2.89. The number of nitrogens with zero attached hydrogens (tertiary/aromatic N) is 3. The molecule has 4 rings (SSSR count). The van der Waals surface area contributed by atoms with Gasteiger partial charge >= 0.3 is 27.8 Å². The van der Waals surface area contributed by atoms with Crippen molar-refractivity contribution in [2.24, 2.45) is 11.8 Å². The van der Waals surface area contributed by atoms with Crippen LogP contribution in [0.25, 0.3) is 0 Å². The highest BCUT2D eigenvalue weighted by molar-refractivity contribution is 7.72. The molecule has 2 aliphatic rings. The van der Waals surface area contributed by atoms with Gasteiger partial charge in [0.25, 0.3) is 5.08 Å². The van der Waals surface area contributed by atoms with Crippen molar-refractivity contribution in [1.82, 2.24) is 15.3 Å². The van der Waals surface area contributed by atoms with Crippen LogP contribution in [-0.2, 0) is 39.2 Å². The van der Waals surface area contributed by atoms with E-state index in [1.807, 2.05) is 44.2 Å². The van der Waals surface area contributed by atoms with Crippen molar-refractivity contribution in [1.29, 1.82) is 0 Å². The number of ether oxygens (including phenoxy) is 1. The van der Waals surface area contributed by atoms with Gasteiger partial charge in [0.05, 0.1) is 39.0 Å². The Balaban J connectivity index is 1.43. The van der Waals surface area contributed by atoms with E-state index in [9.17, 15) is 48.2 Å². The Morgan fingerprint density at radius 3 is 2.25 bits per heavy atom. The van der Waals surface area contributed by atoms with Crippen molar-refractivity contribution in [3.8, 4) is 0 Å². The standard InChI is InChI=1S/C32H49BN4O13P2/c1-24(2)20-29(36-31(40)26(21-25-8-4-3-5-9-25)22-28(38)27-23-34-12-13-35-27)33-37(15-18-49-33,16-19-50-33)14-17-48-30(39)10-6-7-11-32(41,51(42,43)44)52(45,46)47/h3-5,8-9,12-13,23-24,26,29,41H,6-7,10-11,14-22H2,1-2H3,(H,36,40)(H2,42,43,44)(H2,45,46,47)/t26-,29+,33?,37?/m0/s1. The van der Waals surface area contributed by atoms with Gasteiger partial charge in [-0.25, -0.2) is 4.98 Å². The minimum absolute atomic E-state index is 0.0322. The monoisotopic (exact) mass is 770 g/mol. The number of Topliss-reactive ketones (excluding diaryl/α,β-unsaturated/α-hetero) is 1. The summed E-state index contributed by atoms with van der Waals surface area (Å²) >= 11 is 0. The third-order valence-electron chi connectivity index (χ3n) is 9.96. The molecule has 0 radical (unpaired) electrons. The van der Waals surface area contributed by atoms with E-state index in [1.54, 1.807) is 0 Å². The Kier molecular flexibility index (Phi) is 14.1. The van der Waals surface area contributed by atoms with Crippen molar-refractivity contribution in [2.75, 3.05) is 39.5 Å². The number of aromatic nitrogens is 2. The summed E-state index contributed by atoms with van der Waals surface area (Å²) in [6.07, 6.45) is 3.54. The van der Waals surface area contributed by atoms with Crippen LogP contribution in [0.3, 0.4) is 0 Å². The molecule has 2 saturated heterocycles. The number of carbonyl (C=O) groups is 3. The number of quaternary nitrogens is 1. The van der Waals surface area contributed by atoms with E-state index in [4.69, 9.17) is 14.0 Å². The summed E-state index contributed by atoms with van der Waals surface area (Å²) < 4.78 is 41.8. The largest absolute Gasteiger partial charge is 0.508 e. The van der Waals surface area contributed by atoms with Crippen LogP contribution in [0.5, 0.6) is 0 Å². The van der Waals surface area contributed by atoms with Crippen LogP contribution in [0.2, 0.25) is 0 Å². The third kappa shape index (κ3) is 9.80. The zero-order chi connectivity index (χ0) is 38.2. The van der Waals surface area contributed by atoms with Crippen molar-refractivity contribution in [2.45, 2.75) is 69.8 Å². The summed E-state index contributed by atoms with van der Waals surface area (Å²) in [4.78, 5) is 85.4. The van der Waals surface area contributed by atoms with Crippen LogP contribution >= 0.6 is 15.2 Å². The Morgan fingerprint density at radius 2 is 1.67 bits per heavy atom. The number of carbonyl (C=O) groups excluding carboxylic acids is 3. The maximum Gasteiger partial charge on any atom is 0.494 e. The third-order valence-corrected chi connectivity index (χ3v) is 13.8. The number of fused-ring (bicyclic) bond motifs is 1. The van der Waals surface area contributed by atoms with Gasteiger partial charge in [-0.1, -0.05) is 50.6 Å². The van der Waals surface area contributed by atoms with Gasteiger partial charge in [-0.15, -0.1) is 0 Å². The second-order valence-electron chi connectivity index (χ2n) is 14.0. The molecule has 2 atom stereocenters. The van der Waals surface area contributed by atoms with E-state index in [2.05, 4.69) is 15.3 Å². The van der Waals surface area contributed by atoms with Crippen molar-refractivity contribution >= 4 is 39.5 Å². The van der Waals surface area contributed by atoms with Gasteiger partial charge in [0.2, 0.25) is 5.91 Å². The lowest BCUT2D eigenvalue weighted by molar-refractivity contribution is -0.823. The van der Waals surface area contributed by atoms with E-state index in [0.717, 1.165) is 5.56 Å². The summed E-state index contributed by atoms with van der Waals surface area (Å²) in [5, 5.41) is 9.73. The molecule has 6 N–H and O–H groups in total. The van der Waals surface area contributed by atoms with Gasteiger partial charge in [-0.3, -0.25) is 28.5 Å². The number of amides is 1. The minimum Gasteiger partial charge on any atom is -0.508 e. The molecule has 1 amide bonds. The zero-order valence-corrected chi connectivity index (χ0v) is 31.1. The lowest BCUT2D eigenvalue weighted by Gasteiger charge is -2.51. The molecule has 3 heterocycles. The smallest absolute Gasteiger partial charge is 0.494 e. The Labute approximate surface area is 302 Å². The molecule has 0 aliphatic carbocycles. The average molecular weight is 771 g/mol. The Morgan fingerprint density at radius 1 is 1.02 bits per heavy atom. The number of benzene rings is 1. The van der Waals surface area contributed by atoms with Gasteiger partial charge in [-0.2, -0.15) is 0 Å². The van der Waals surface area contributed by atoms with Crippen LogP contribution in [-0.4, -0.2) is 114 Å². The summed E-state index contributed by atoms with van der Waals surface area (Å²) in [7, 11) is -11.2. The predicted molar refractivity (Wildman–Crippen MR) is 187 cm³/mol. The first-order chi connectivity index (χ1) is 24.4. The maximum absolute atomic E-state index is 14.2. The molecule has 0 bridgehead atoms. The quantitative estimate of drug-likeness (QED) is 0.0370. The fourth-order valence-electron chi connectivity index (χ4n) is 7.24. The number of unbranched alkanes of at least 4 members (excludes halogenated alkanes) is 1. The molecule has 0 saturated carbocycles. The summed E-state index contributed by atoms with van der Waals surface area (Å²) in [5.74, 6) is -2.46. The first kappa shape index (κ1) is 41.9. The molecular weight excluding hydrogens is 721 g/mol. The van der Waals surface area contributed by atoms with Gasteiger partial charge in [-0.05, 0) is 37.2 Å². The molecule has 0 unspecified atom stereocenters. The number of aliphatic hydroxyl groups is 1. The molecule has 2 aliphatic heterocycles. The number of hydrogen-bond donors (Lipinski definition) is 6. The number of esters is 1. The van der Waals surface area contributed by atoms with E-state index >= 15 is 0 Å². The highest BCUT2D eigenvalue weighted by Gasteiger charge is 2.63. The normalized spacial score (nSPS) is 21.8. The van der Waals surface area contributed by atoms with Crippen LogP contribution in [0.1, 0.15) is 68.4 Å². The van der Waals surface area contributed by atoms with Crippen LogP contribution in [0.4, 0.5) is 0 Å². The molecule has 52 heavy (non-hydrogen) atoms. The number of ketones is 1.